The number of carbonyl (C=O) groups is 1. The zero-order chi connectivity index (χ0) is 23.4. The first-order valence-electron chi connectivity index (χ1n) is 11.0. The summed E-state index contributed by atoms with van der Waals surface area (Å²) >= 11 is 0. The fourth-order valence-corrected chi connectivity index (χ4v) is 4.69. The van der Waals surface area contributed by atoms with Crippen LogP contribution in [0.1, 0.15) is 51.7 Å². The van der Waals surface area contributed by atoms with Crippen LogP contribution in [-0.2, 0) is 31.4 Å². The van der Waals surface area contributed by atoms with Gasteiger partial charge in [0.25, 0.3) is 0 Å². The van der Waals surface area contributed by atoms with Crippen LogP contribution in [0, 0.1) is 0 Å². The van der Waals surface area contributed by atoms with Gasteiger partial charge < -0.3 is 9.72 Å². The molecule has 3 aromatic rings. The van der Waals surface area contributed by atoms with E-state index in [4.69, 9.17) is 4.74 Å². The summed E-state index contributed by atoms with van der Waals surface area (Å²) in [5.74, 6) is -0.571. The topological polar surface area (TPSA) is 88.3 Å². The molecule has 0 fully saturated rings. The Hall–Kier alpha value is -2.64. The van der Waals surface area contributed by atoms with E-state index in [1.54, 1.807) is 12.1 Å². The molecule has 0 aliphatic carbocycles. The summed E-state index contributed by atoms with van der Waals surface area (Å²) in [6.07, 6.45) is 3.61. The number of unbranched alkanes of at least 4 members (excludes halogenated alkanes) is 1. The van der Waals surface area contributed by atoms with Gasteiger partial charge in [0.15, 0.2) is 0 Å². The van der Waals surface area contributed by atoms with Crippen molar-refractivity contribution >= 4 is 26.9 Å². The average Bonchev–Trinajstić information content (AvgIpc) is 3.15. The number of hydrogen-bond acceptors (Lipinski definition) is 4. The molecule has 172 valence electrons. The van der Waals surface area contributed by atoms with E-state index in [2.05, 4.69) is 30.5 Å². The third-order valence-electron chi connectivity index (χ3n) is 5.45. The van der Waals surface area contributed by atoms with E-state index >= 15 is 0 Å². The van der Waals surface area contributed by atoms with Crippen molar-refractivity contribution in [2.75, 3.05) is 6.61 Å². The molecular formula is C25H32N2O4S. The molecular weight excluding hydrogens is 424 g/mol. The lowest BCUT2D eigenvalue weighted by Gasteiger charge is -2.20. The van der Waals surface area contributed by atoms with Crippen LogP contribution in [0.4, 0.5) is 0 Å². The van der Waals surface area contributed by atoms with Crippen LogP contribution in [0.2, 0.25) is 0 Å². The van der Waals surface area contributed by atoms with Crippen LogP contribution in [0.25, 0.3) is 10.9 Å². The molecule has 0 aliphatic rings. The summed E-state index contributed by atoms with van der Waals surface area (Å²) in [7, 11) is -3.91. The fourth-order valence-electron chi connectivity index (χ4n) is 3.50. The van der Waals surface area contributed by atoms with E-state index in [0.29, 0.717) is 0 Å². The van der Waals surface area contributed by atoms with E-state index in [9.17, 15) is 13.2 Å². The highest BCUT2D eigenvalue weighted by Crippen LogP contribution is 2.24. The van der Waals surface area contributed by atoms with Crippen molar-refractivity contribution in [1.82, 2.24) is 9.71 Å². The van der Waals surface area contributed by atoms with Crippen molar-refractivity contribution in [1.29, 1.82) is 0 Å². The quantitative estimate of drug-likeness (QED) is 0.361. The van der Waals surface area contributed by atoms with Crippen LogP contribution >= 0.6 is 0 Å². The number of ether oxygens (including phenoxy) is 1. The Morgan fingerprint density at radius 2 is 1.78 bits per heavy atom. The number of H-pyrrole nitrogens is 1. The van der Waals surface area contributed by atoms with Gasteiger partial charge in [0, 0.05) is 23.5 Å². The molecule has 0 saturated heterocycles. The fraction of sp³-hybridized carbons (Fsp3) is 0.400. The normalized spacial score (nSPS) is 13.2. The third-order valence-corrected chi connectivity index (χ3v) is 6.94. The summed E-state index contributed by atoms with van der Waals surface area (Å²) in [4.78, 5) is 16.1. The number of rotatable bonds is 9. The standard InChI is InChI=1S/C25H32N2O4S/c1-5-6-15-31-24(28)23(16-18-17-26-22-10-8-7-9-21(18)22)27-32(29,30)20-13-11-19(12-14-20)25(2,3)4/h7-14,17,23,26-27H,5-6,15-16H2,1-4H3. The number of para-hydroxylation sites is 1. The molecule has 1 aromatic heterocycles. The Bertz CT molecular complexity index is 1160. The summed E-state index contributed by atoms with van der Waals surface area (Å²) in [6, 6.07) is 13.5. The maximum Gasteiger partial charge on any atom is 0.324 e. The molecule has 0 saturated carbocycles. The van der Waals surface area contributed by atoms with Gasteiger partial charge in [-0.25, -0.2) is 8.42 Å². The smallest absolute Gasteiger partial charge is 0.324 e. The lowest BCUT2D eigenvalue weighted by atomic mass is 9.87. The third kappa shape index (κ3) is 5.78. The van der Waals surface area contributed by atoms with Crippen LogP contribution < -0.4 is 4.72 Å². The Balaban J connectivity index is 1.86. The van der Waals surface area contributed by atoms with E-state index in [-0.39, 0.29) is 23.3 Å². The Morgan fingerprint density at radius 3 is 2.44 bits per heavy atom. The molecule has 3 rings (SSSR count). The van der Waals surface area contributed by atoms with Gasteiger partial charge in [-0.2, -0.15) is 4.72 Å². The minimum atomic E-state index is -3.91. The molecule has 0 bridgehead atoms. The molecule has 1 atom stereocenters. The second kappa shape index (κ2) is 9.88. The molecule has 2 N–H and O–H groups in total. The second-order valence-electron chi connectivity index (χ2n) is 9.03. The maximum atomic E-state index is 13.1. The summed E-state index contributed by atoms with van der Waals surface area (Å²) in [6.45, 7) is 8.47. The van der Waals surface area contributed by atoms with Crippen molar-refractivity contribution in [2.45, 2.75) is 63.3 Å². The minimum absolute atomic E-state index is 0.0866. The van der Waals surface area contributed by atoms with Gasteiger partial charge in [-0.3, -0.25) is 4.79 Å². The van der Waals surface area contributed by atoms with Crippen molar-refractivity contribution in [2.24, 2.45) is 0 Å². The number of fused-ring (bicyclic) bond motifs is 1. The Labute approximate surface area is 190 Å². The van der Waals surface area contributed by atoms with Crippen molar-refractivity contribution in [3.63, 3.8) is 0 Å². The average molecular weight is 457 g/mol. The number of hydrogen-bond donors (Lipinski definition) is 2. The van der Waals surface area contributed by atoms with E-state index in [0.717, 1.165) is 34.9 Å². The number of aromatic amines is 1. The van der Waals surface area contributed by atoms with Gasteiger partial charge in [0.2, 0.25) is 10.0 Å². The zero-order valence-corrected chi connectivity index (χ0v) is 20.0. The molecule has 32 heavy (non-hydrogen) atoms. The minimum Gasteiger partial charge on any atom is -0.464 e. The van der Waals surface area contributed by atoms with Crippen molar-refractivity contribution in [3.05, 3.63) is 65.9 Å². The molecule has 0 radical (unpaired) electrons. The lowest BCUT2D eigenvalue weighted by molar-refractivity contribution is -0.145. The number of aromatic nitrogens is 1. The van der Waals surface area contributed by atoms with Gasteiger partial charge in [-0.05, 0) is 41.2 Å². The first kappa shape index (κ1) is 24.0. The highest BCUT2D eigenvalue weighted by molar-refractivity contribution is 7.89. The summed E-state index contributed by atoms with van der Waals surface area (Å²) < 4.78 is 34.2. The summed E-state index contributed by atoms with van der Waals surface area (Å²) in [5, 5.41) is 0.951. The monoisotopic (exact) mass is 456 g/mol. The van der Waals surface area contributed by atoms with E-state index in [1.807, 2.05) is 49.5 Å². The molecule has 7 heteroatoms. The lowest BCUT2D eigenvalue weighted by Crippen LogP contribution is -2.43. The number of sulfonamides is 1. The van der Waals surface area contributed by atoms with Crippen LogP contribution in [0.5, 0.6) is 0 Å². The largest absolute Gasteiger partial charge is 0.464 e. The highest BCUT2D eigenvalue weighted by Gasteiger charge is 2.28. The maximum absolute atomic E-state index is 13.1. The van der Waals surface area contributed by atoms with Crippen molar-refractivity contribution in [3.8, 4) is 0 Å². The first-order valence-corrected chi connectivity index (χ1v) is 12.4. The molecule has 1 heterocycles. The van der Waals surface area contributed by atoms with E-state index in [1.165, 1.54) is 0 Å². The first-order chi connectivity index (χ1) is 15.1. The predicted molar refractivity (Wildman–Crippen MR) is 127 cm³/mol. The van der Waals surface area contributed by atoms with Crippen LogP contribution in [0.15, 0.2) is 59.6 Å². The van der Waals surface area contributed by atoms with Gasteiger partial charge in [-0.1, -0.05) is 64.4 Å². The molecule has 0 spiro atoms. The van der Waals surface area contributed by atoms with Crippen LogP contribution in [-0.4, -0.2) is 32.0 Å². The molecule has 0 aliphatic heterocycles. The van der Waals surface area contributed by atoms with Gasteiger partial charge in [-0.15, -0.1) is 0 Å². The summed E-state index contributed by atoms with van der Waals surface area (Å²) in [5.41, 5.74) is 2.73. The van der Waals surface area contributed by atoms with Crippen molar-refractivity contribution < 1.29 is 17.9 Å². The molecule has 0 amide bonds. The number of carbonyl (C=O) groups excluding carboxylic acids is 1. The van der Waals surface area contributed by atoms with Gasteiger partial charge >= 0.3 is 5.97 Å². The molecule has 1 unspecified atom stereocenters. The van der Waals surface area contributed by atoms with E-state index < -0.39 is 22.0 Å². The van der Waals surface area contributed by atoms with Gasteiger partial charge in [0.1, 0.15) is 6.04 Å². The molecule has 2 aromatic carbocycles. The Kier molecular flexibility index (Phi) is 7.41. The molecule has 6 nitrogen and oxygen atoms in total. The number of benzene rings is 2. The number of nitrogens with one attached hydrogen (secondary N) is 2. The zero-order valence-electron chi connectivity index (χ0n) is 19.1. The number of esters is 1. The van der Waals surface area contributed by atoms with Gasteiger partial charge in [0.05, 0.1) is 11.5 Å². The SMILES string of the molecule is CCCCOC(=O)C(Cc1c[nH]c2ccccc12)NS(=O)(=O)c1ccc(C(C)(C)C)cc1. The second-order valence-corrected chi connectivity index (χ2v) is 10.7. The predicted octanol–water partition coefficient (Wildman–Crippen LogP) is 4.70. The Morgan fingerprint density at radius 1 is 1.09 bits per heavy atom. The highest BCUT2D eigenvalue weighted by atomic mass is 32.2. The van der Waals surface area contributed by atoms with Crippen LogP contribution in [0.3, 0.4) is 0 Å².